The fourth-order valence-electron chi connectivity index (χ4n) is 1.61. The Kier molecular flexibility index (Phi) is 3.80. The topological polar surface area (TPSA) is 149 Å². The smallest absolute Gasteiger partial charge is 0.337 e. The Bertz CT molecular complexity index is 595. The lowest BCUT2D eigenvalue weighted by atomic mass is 9.85. The van der Waals surface area contributed by atoms with Crippen LogP contribution in [0.5, 0.6) is 0 Å². The van der Waals surface area contributed by atoms with Crippen molar-refractivity contribution in [1.82, 2.24) is 0 Å². The molecule has 0 amide bonds. The summed E-state index contributed by atoms with van der Waals surface area (Å²) in [7, 11) is 0. The van der Waals surface area contributed by atoms with Gasteiger partial charge in [0.25, 0.3) is 0 Å². The highest BCUT2D eigenvalue weighted by molar-refractivity contribution is 7.81. The van der Waals surface area contributed by atoms with Crippen molar-refractivity contribution >= 4 is 41.0 Å². The number of rotatable bonds is 4. The second-order valence-corrected chi connectivity index (χ2v) is 3.92. The highest BCUT2D eigenvalue weighted by Crippen LogP contribution is 2.30. The molecule has 0 aromatic rings. The lowest BCUT2D eigenvalue weighted by molar-refractivity contribution is -0.138. The summed E-state index contributed by atoms with van der Waals surface area (Å²) in [6.45, 7) is 0. The molecule has 0 saturated heterocycles. The minimum absolute atomic E-state index is 0.438. The highest BCUT2D eigenvalue weighted by atomic mass is 32.1. The molecule has 0 aliphatic heterocycles. The van der Waals surface area contributed by atoms with E-state index < -0.39 is 57.5 Å². The van der Waals surface area contributed by atoms with Gasteiger partial charge in [0.1, 0.15) is 0 Å². The first-order chi connectivity index (χ1) is 8.68. The molecule has 0 heterocycles. The van der Waals surface area contributed by atoms with Crippen LogP contribution in [0.4, 0.5) is 0 Å². The van der Waals surface area contributed by atoms with Gasteiger partial charge < -0.3 is 20.4 Å². The van der Waals surface area contributed by atoms with Gasteiger partial charge in [0.2, 0.25) is 0 Å². The van der Waals surface area contributed by atoms with Crippen LogP contribution in [0, 0.1) is 0 Å². The van der Waals surface area contributed by atoms with Crippen LogP contribution in [0.2, 0.25) is 0 Å². The molecule has 0 atom stereocenters. The van der Waals surface area contributed by atoms with E-state index >= 15 is 0 Å². The minimum Gasteiger partial charge on any atom is -0.478 e. The maximum absolute atomic E-state index is 11.0. The molecule has 0 unspecified atom stereocenters. The predicted molar refractivity (Wildman–Crippen MR) is 61.8 cm³/mol. The van der Waals surface area contributed by atoms with Crippen molar-refractivity contribution in [3.05, 3.63) is 22.3 Å². The summed E-state index contributed by atoms with van der Waals surface area (Å²) in [6.07, 6.45) is -0.620. The lowest BCUT2D eigenvalue weighted by Gasteiger charge is -2.18. The fourth-order valence-corrected chi connectivity index (χ4v) is 1.94. The summed E-state index contributed by atoms with van der Waals surface area (Å²) in [6, 6.07) is 0. The van der Waals surface area contributed by atoms with Crippen LogP contribution in [0.3, 0.4) is 0 Å². The van der Waals surface area contributed by atoms with Crippen molar-refractivity contribution < 1.29 is 39.6 Å². The zero-order valence-corrected chi connectivity index (χ0v) is 9.85. The van der Waals surface area contributed by atoms with E-state index in [4.69, 9.17) is 20.4 Å². The van der Waals surface area contributed by atoms with Crippen molar-refractivity contribution in [2.45, 2.75) is 6.42 Å². The van der Waals surface area contributed by atoms with E-state index in [1.165, 1.54) is 0 Å². The van der Waals surface area contributed by atoms with Gasteiger partial charge >= 0.3 is 23.9 Å². The molecule has 100 valence electrons. The second-order valence-electron chi connectivity index (χ2n) is 3.42. The maximum atomic E-state index is 11.0. The lowest BCUT2D eigenvalue weighted by Crippen LogP contribution is -2.29. The molecule has 0 bridgehead atoms. The molecule has 0 radical (unpaired) electrons. The largest absolute Gasteiger partial charge is 0.478 e. The number of carboxylic acids is 4. The van der Waals surface area contributed by atoms with Crippen LogP contribution in [-0.4, -0.2) is 49.2 Å². The SMILES string of the molecule is O=C(O)C1=C(C(=O)O)C(C(=O)O)=C(C(=O)O)C(=S)C1. The van der Waals surface area contributed by atoms with Gasteiger partial charge in [-0.05, 0) is 0 Å². The van der Waals surface area contributed by atoms with Crippen molar-refractivity contribution in [3.8, 4) is 0 Å². The maximum Gasteiger partial charge on any atom is 0.337 e. The van der Waals surface area contributed by atoms with Crippen molar-refractivity contribution in [1.29, 1.82) is 0 Å². The van der Waals surface area contributed by atoms with Crippen LogP contribution in [0.15, 0.2) is 22.3 Å². The summed E-state index contributed by atoms with van der Waals surface area (Å²) in [5.74, 6) is -7.08. The van der Waals surface area contributed by atoms with E-state index in [1.807, 2.05) is 0 Å². The van der Waals surface area contributed by atoms with E-state index in [9.17, 15) is 19.2 Å². The third-order valence-electron chi connectivity index (χ3n) is 2.32. The summed E-state index contributed by atoms with van der Waals surface area (Å²) < 4.78 is 0. The van der Waals surface area contributed by atoms with Gasteiger partial charge in [0.05, 0.1) is 22.3 Å². The molecule has 1 rings (SSSR count). The van der Waals surface area contributed by atoms with E-state index in [2.05, 4.69) is 12.2 Å². The Hall–Kier alpha value is -2.55. The van der Waals surface area contributed by atoms with E-state index in [-0.39, 0.29) is 0 Å². The number of hydrogen-bond acceptors (Lipinski definition) is 5. The molecule has 4 N–H and O–H groups in total. The molecule has 0 aromatic carbocycles. The Morgan fingerprint density at radius 2 is 1.16 bits per heavy atom. The number of aliphatic carboxylic acids is 4. The predicted octanol–water partition coefficient (Wildman–Crippen LogP) is -0.308. The normalized spacial score (nSPS) is 15.5. The van der Waals surface area contributed by atoms with Crippen LogP contribution in [0.1, 0.15) is 6.42 Å². The molecule has 8 nitrogen and oxygen atoms in total. The van der Waals surface area contributed by atoms with Crippen molar-refractivity contribution in [2.75, 3.05) is 0 Å². The zero-order valence-electron chi connectivity index (χ0n) is 9.04. The standard InChI is InChI=1S/C10H6O8S/c11-7(12)2-1-3(19)5(9(15)16)6(10(17)18)4(2)8(13)14/h1H2,(H,11,12)(H,13,14)(H,15,16)(H,17,18). The summed E-state index contributed by atoms with van der Waals surface area (Å²) in [4.78, 5) is 43.5. The van der Waals surface area contributed by atoms with Crippen LogP contribution in [0.25, 0.3) is 0 Å². The van der Waals surface area contributed by atoms with Gasteiger partial charge in [-0.1, -0.05) is 12.2 Å². The molecule has 1 aliphatic rings. The third-order valence-corrected chi connectivity index (χ3v) is 2.67. The van der Waals surface area contributed by atoms with Gasteiger partial charge in [-0.2, -0.15) is 0 Å². The number of hydrogen-bond donors (Lipinski definition) is 4. The van der Waals surface area contributed by atoms with Gasteiger partial charge in [-0.3, -0.25) is 0 Å². The van der Waals surface area contributed by atoms with Gasteiger partial charge in [-0.25, -0.2) is 19.2 Å². The van der Waals surface area contributed by atoms with E-state index in [0.717, 1.165) is 0 Å². The number of carbonyl (C=O) groups is 4. The van der Waals surface area contributed by atoms with E-state index in [0.29, 0.717) is 0 Å². The van der Waals surface area contributed by atoms with Gasteiger partial charge in [0.15, 0.2) is 0 Å². The average Bonchev–Trinajstić information content (AvgIpc) is 2.25. The quantitative estimate of drug-likeness (QED) is 0.510. The third kappa shape index (κ3) is 2.50. The molecule has 1 aliphatic carbocycles. The Labute approximate surface area is 110 Å². The molecule has 19 heavy (non-hydrogen) atoms. The molecular formula is C10H6O8S. The summed E-state index contributed by atoms with van der Waals surface area (Å²) in [5.41, 5.74) is -3.80. The molecule has 0 saturated carbocycles. The molecule has 9 heteroatoms. The number of thiocarbonyl (C=S) groups is 1. The average molecular weight is 286 g/mol. The molecule has 0 spiro atoms. The number of carboxylic acid groups (broad SMARTS) is 4. The van der Waals surface area contributed by atoms with Gasteiger partial charge in [-0.15, -0.1) is 0 Å². The van der Waals surface area contributed by atoms with Crippen molar-refractivity contribution in [2.24, 2.45) is 0 Å². The molecule has 0 fully saturated rings. The Morgan fingerprint density at radius 3 is 1.47 bits per heavy atom. The minimum atomic E-state index is -1.87. The monoisotopic (exact) mass is 286 g/mol. The summed E-state index contributed by atoms with van der Waals surface area (Å²) >= 11 is 4.64. The summed E-state index contributed by atoms with van der Waals surface area (Å²) in [5, 5.41) is 35.6. The molecule has 0 aromatic heterocycles. The first-order valence-electron chi connectivity index (χ1n) is 4.62. The van der Waals surface area contributed by atoms with Crippen molar-refractivity contribution in [3.63, 3.8) is 0 Å². The second kappa shape index (κ2) is 4.98. The Morgan fingerprint density at radius 1 is 0.737 bits per heavy atom. The van der Waals surface area contributed by atoms with Crippen LogP contribution >= 0.6 is 12.2 Å². The first kappa shape index (κ1) is 14.5. The first-order valence-corrected chi connectivity index (χ1v) is 5.03. The molecular weight excluding hydrogens is 280 g/mol. The van der Waals surface area contributed by atoms with Crippen LogP contribution < -0.4 is 0 Å². The van der Waals surface area contributed by atoms with E-state index in [1.54, 1.807) is 0 Å². The van der Waals surface area contributed by atoms with Crippen LogP contribution in [-0.2, 0) is 19.2 Å². The highest BCUT2D eigenvalue weighted by Gasteiger charge is 2.38. The fraction of sp³-hybridized carbons (Fsp3) is 0.100. The Balaban J connectivity index is 3.80. The van der Waals surface area contributed by atoms with Gasteiger partial charge in [0, 0.05) is 11.3 Å². The zero-order chi connectivity index (χ0) is 14.9.